The van der Waals surface area contributed by atoms with Crippen LogP contribution in [-0.4, -0.2) is 10.8 Å². The average molecular weight is 348 g/mol. The van der Waals surface area contributed by atoms with E-state index < -0.39 is 10.8 Å². The van der Waals surface area contributed by atoms with Gasteiger partial charge >= 0.3 is 0 Å². The summed E-state index contributed by atoms with van der Waals surface area (Å²) in [6.45, 7) is 0. The predicted molar refractivity (Wildman–Crippen MR) is 87.1 cm³/mol. The van der Waals surface area contributed by atoms with Crippen LogP contribution in [0, 0.1) is 21.4 Å². The topological polar surface area (TPSA) is 96.0 Å². The van der Waals surface area contributed by atoms with Gasteiger partial charge < -0.3 is 5.32 Å². The van der Waals surface area contributed by atoms with Gasteiger partial charge in [0, 0.05) is 16.5 Å². The molecular weight excluding hydrogens is 338 g/mol. The Hall–Kier alpha value is -2.43. The molecule has 1 heterocycles. The predicted octanol–water partition coefficient (Wildman–Crippen LogP) is 3.92. The van der Waals surface area contributed by atoms with Crippen LogP contribution in [-0.2, 0) is 12.8 Å². The van der Waals surface area contributed by atoms with Crippen LogP contribution < -0.4 is 5.32 Å². The highest BCUT2D eigenvalue weighted by Crippen LogP contribution is 2.38. The van der Waals surface area contributed by atoms with Crippen molar-refractivity contribution >= 4 is 39.5 Å². The van der Waals surface area contributed by atoms with Gasteiger partial charge in [0.15, 0.2) is 0 Å². The number of carbonyl (C=O) groups is 1. The summed E-state index contributed by atoms with van der Waals surface area (Å²) in [6, 6.07) is 6.00. The maximum atomic E-state index is 12.3. The standard InChI is InChI=1S/C15H10ClN3O3S/c16-11-5-4-8(6-12(11)19(21)22)14(20)18-15-10(7-17)9-2-1-3-13(9)23-15/h4-6H,1-3H2,(H,18,20). The van der Waals surface area contributed by atoms with Crippen molar-refractivity contribution in [1.82, 2.24) is 0 Å². The Morgan fingerprint density at radius 1 is 1.43 bits per heavy atom. The van der Waals surface area contributed by atoms with Gasteiger partial charge in [-0.05, 0) is 37.0 Å². The van der Waals surface area contributed by atoms with Gasteiger partial charge in [0.25, 0.3) is 11.6 Å². The molecule has 116 valence electrons. The minimum absolute atomic E-state index is 0.0284. The summed E-state index contributed by atoms with van der Waals surface area (Å²) < 4.78 is 0. The third-order valence-corrected chi connectivity index (χ3v) is 5.19. The molecule has 0 saturated heterocycles. The number of thiophene rings is 1. The summed E-state index contributed by atoms with van der Waals surface area (Å²) in [5.41, 5.74) is 1.31. The van der Waals surface area contributed by atoms with E-state index in [0.29, 0.717) is 10.6 Å². The van der Waals surface area contributed by atoms with E-state index in [1.54, 1.807) is 0 Å². The fourth-order valence-electron chi connectivity index (χ4n) is 2.58. The van der Waals surface area contributed by atoms with Crippen LogP contribution >= 0.6 is 22.9 Å². The summed E-state index contributed by atoms with van der Waals surface area (Å²) >= 11 is 7.14. The van der Waals surface area contributed by atoms with Crippen LogP contribution in [0.3, 0.4) is 0 Å². The van der Waals surface area contributed by atoms with E-state index in [4.69, 9.17) is 11.6 Å². The maximum absolute atomic E-state index is 12.3. The molecule has 3 rings (SSSR count). The van der Waals surface area contributed by atoms with Crippen molar-refractivity contribution in [3.63, 3.8) is 0 Å². The quantitative estimate of drug-likeness (QED) is 0.672. The lowest BCUT2D eigenvalue weighted by Crippen LogP contribution is -2.12. The number of halogens is 1. The Bertz CT molecular complexity index is 870. The molecule has 0 unspecified atom stereocenters. The maximum Gasteiger partial charge on any atom is 0.288 e. The Kier molecular flexibility index (Phi) is 4.03. The number of nitro groups is 1. The smallest absolute Gasteiger partial charge is 0.288 e. The van der Waals surface area contributed by atoms with Gasteiger partial charge in [-0.2, -0.15) is 5.26 Å². The second-order valence-electron chi connectivity index (χ2n) is 5.05. The number of fused-ring (bicyclic) bond motifs is 1. The first-order valence-electron chi connectivity index (χ1n) is 6.81. The van der Waals surface area contributed by atoms with Crippen LogP contribution in [0.15, 0.2) is 18.2 Å². The number of nitrogens with one attached hydrogen (secondary N) is 1. The molecule has 0 aliphatic heterocycles. The Balaban J connectivity index is 1.90. The van der Waals surface area contributed by atoms with Crippen LogP contribution in [0.2, 0.25) is 5.02 Å². The van der Waals surface area contributed by atoms with Gasteiger partial charge in [-0.15, -0.1) is 11.3 Å². The summed E-state index contributed by atoms with van der Waals surface area (Å²) in [5, 5.41) is 23.4. The Morgan fingerprint density at radius 2 is 2.22 bits per heavy atom. The van der Waals surface area contributed by atoms with Gasteiger partial charge in [-0.3, -0.25) is 14.9 Å². The van der Waals surface area contributed by atoms with Crippen LogP contribution in [0.4, 0.5) is 10.7 Å². The zero-order valence-corrected chi connectivity index (χ0v) is 13.3. The molecule has 0 radical (unpaired) electrons. The first kappa shape index (κ1) is 15.5. The van der Waals surface area contributed by atoms with Crippen LogP contribution in [0.5, 0.6) is 0 Å². The van der Waals surface area contributed by atoms with E-state index in [0.717, 1.165) is 35.8 Å². The fourth-order valence-corrected chi connectivity index (χ4v) is 4.00. The number of nitro benzene ring substituents is 1. The molecule has 0 fully saturated rings. The molecular formula is C15H10ClN3O3S. The molecule has 1 aliphatic carbocycles. The second kappa shape index (κ2) is 5.99. The number of rotatable bonds is 3. The third kappa shape index (κ3) is 2.79. The van der Waals surface area contributed by atoms with Gasteiger partial charge in [0.1, 0.15) is 16.1 Å². The third-order valence-electron chi connectivity index (χ3n) is 3.67. The second-order valence-corrected chi connectivity index (χ2v) is 6.56. The van der Waals surface area contributed by atoms with Crippen molar-refractivity contribution in [3.8, 4) is 6.07 Å². The van der Waals surface area contributed by atoms with Gasteiger partial charge in [0.2, 0.25) is 0 Å². The average Bonchev–Trinajstić information content (AvgIpc) is 3.07. The largest absolute Gasteiger partial charge is 0.312 e. The summed E-state index contributed by atoms with van der Waals surface area (Å²) in [4.78, 5) is 23.7. The number of hydrogen-bond donors (Lipinski definition) is 1. The summed E-state index contributed by atoms with van der Waals surface area (Å²) in [7, 11) is 0. The molecule has 0 spiro atoms. The summed E-state index contributed by atoms with van der Waals surface area (Å²) in [6.07, 6.45) is 2.78. The molecule has 1 aromatic carbocycles. The van der Waals surface area contributed by atoms with E-state index in [1.807, 2.05) is 0 Å². The van der Waals surface area contributed by atoms with Crippen LogP contribution in [0.25, 0.3) is 0 Å². The first-order chi connectivity index (χ1) is 11.0. The minimum Gasteiger partial charge on any atom is -0.312 e. The van der Waals surface area contributed by atoms with Crippen molar-refractivity contribution < 1.29 is 9.72 Å². The zero-order chi connectivity index (χ0) is 16.6. The Morgan fingerprint density at radius 3 is 2.91 bits per heavy atom. The van der Waals surface area contributed by atoms with Gasteiger partial charge in [-0.1, -0.05) is 11.6 Å². The SMILES string of the molecule is N#Cc1c(NC(=O)c2ccc(Cl)c([N+](=O)[O-])c2)sc2c1CCC2. The molecule has 1 aromatic heterocycles. The zero-order valence-electron chi connectivity index (χ0n) is 11.8. The number of benzene rings is 1. The van der Waals surface area contributed by atoms with Gasteiger partial charge in [0.05, 0.1) is 10.5 Å². The van der Waals surface area contributed by atoms with Crippen molar-refractivity contribution in [2.24, 2.45) is 0 Å². The molecule has 0 saturated carbocycles. The van der Waals surface area contributed by atoms with Crippen molar-refractivity contribution in [2.45, 2.75) is 19.3 Å². The van der Waals surface area contributed by atoms with E-state index in [2.05, 4.69) is 11.4 Å². The normalized spacial score (nSPS) is 12.5. The highest BCUT2D eigenvalue weighted by Gasteiger charge is 2.24. The van der Waals surface area contributed by atoms with Crippen molar-refractivity contribution in [3.05, 3.63) is 54.9 Å². The molecule has 8 heteroatoms. The van der Waals surface area contributed by atoms with E-state index in [-0.39, 0.29) is 16.3 Å². The molecule has 0 bridgehead atoms. The first-order valence-corrected chi connectivity index (χ1v) is 8.00. The monoisotopic (exact) mass is 347 g/mol. The number of amides is 1. The van der Waals surface area contributed by atoms with Crippen LogP contribution in [0.1, 0.15) is 32.8 Å². The number of anilines is 1. The molecule has 6 nitrogen and oxygen atoms in total. The number of carbonyl (C=O) groups excluding carboxylic acids is 1. The molecule has 1 N–H and O–H groups in total. The lowest BCUT2D eigenvalue weighted by Gasteiger charge is -2.05. The highest BCUT2D eigenvalue weighted by molar-refractivity contribution is 7.16. The number of hydrogen-bond acceptors (Lipinski definition) is 5. The molecule has 1 amide bonds. The lowest BCUT2D eigenvalue weighted by atomic mass is 10.1. The molecule has 23 heavy (non-hydrogen) atoms. The Labute approximate surface area is 140 Å². The molecule has 0 atom stereocenters. The highest BCUT2D eigenvalue weighted by atomic mass is 35.5. The molecule has 2 aromatic rings. The number of nitriles is 1. The van der Waals surface area contributed by atoms with Gasteiger partial charge in [-0.25, -0.2) is 0 Å². The lowest BCUT2D eigenvalue weighted by molar-refractivity contribution is -0.384. The molecule has 1 aliphatic rings. The van der Waals surface area contributed by atoms with E-state index >= 15 is 0 Å². The fraction of sp³-hybridized carbons (Fsp3) is 0.200. The van der Waals surface area contributed by atoms with E-state index in [9.17, 15) is 20.2 Å². The number of aryl methyl sites for hydroxylation is 1. The van der Waals surface area contributed by atoms with Crippen molar-refractivity contribution in [1.29, 1.82) is 5.26 Å². The van der Waals surface area contributed by atoms with E-state index in [1.165, 1.54) is 23.5 Å². The van der Waals surface area contributed by atoms with Crippen molar-refractivity contribution in [2.75, 3.05) is 5.32 Å². The summed E-state index contributed by atoms with van der Waals surface area (Å²) in [5.74, 6) is -0.499. The number of nitrogens with zero attached hydrogens (tertiary/aromatic N) is 2. The minimum atomic E-state index is -0.639.